The van der Waals surface area contributed by atoms with Crippen LogP contribution >= 0.6 is 11.3 Å². The molecule has 0 saturated heterocycles. The third-order valence-electron chi connectivity index (χ3n) is 4.06. The van der Waals surface area contributed by atoms with Crippen molar-refractivity contribution in [2.75, 3.05) is 17.2 Å². The number of carbonyl (C=O) groups excluding carboxylic acids is 2. The van der Waals surface area contributed by atoms with E-state index in [1.807, 2.05) is 0 Å². The molecule has 0 unspecified atom stereocenters. The zero-order chi connectivity index (χ0) is 23.3. The molecule has 2 aromatic carbocycles. The topological polar surface area (TPSA) is 114 Å². The van der Waals surface area contributed by atoms with Crippen molar-refractivity contribution in [2.24, 2.45) is 0 Å². The summed E-state index contributed by atoms with van der Waals surface area (Å²) in [5.41, 5.74) is 0.453. The van der Waals surface area contributed by atoms with Crippen molar-refractivity contribution in [2.45, 2.75) is 17.6 Å². The SMILES string of the molecule is CCOC(=O)Nc1nc(-c2ccccc2)c(NC(=O)c2ccccc2S(=O)(=O)C(F)F)s1. The molecule has 168 valence electrons. The molecule has 0 radical (unpaired) electrons. The van der Waals surface area contributed by atoms with E-state index in [9.17, 15) is 26.8 Å². The molecular weight excluding hydrogens is 464 g/mol. The fourth-order valence-corrected chi connectivity index (χ4v) is 4.47. The van der Waals surface area contributed by atoms with Crippen molar-refractivity contribution in [1.29, 1.82) is 0 Å². The second kappa shape index (κ2) is 9.83. The van der Waals surface area contributed by atoms with Crippen LogP contribution in [0, 0.1) is 0 Å². The molecule has 3 aromatic rings. The van der Waals surface area contributed by atoms with Crippen LogP contribution < -0.4 is 10.6 Å². The van der Waals surface area contributed by atoms with Crippen molar-refractivity contribution in [3.05, 3.63) is 60.2 Å². The number of thiazole rings is 1. The van der Waals surface area contributed by atoms with Gasteiger partial charge in [-0.05, 0) is 19.1 Å². The summed E-state index contributed by atoms with van der Waals surface area (Å²) in [6, 6.07) is 13.4. The highest BCUT2D eigenvalue weighted by atomic mass is 32.2. The zero-order valence-electron chi connectivity index (χ0n) is 16.5. The minimum Gasteiger partial charge on any atom is -0.450 e. The molecule has 0 bridgehead atoms. The highest BCUT2D eigenvalue weighted by molar-refractivity contribution is 7.91. The standard InChI is InChI=1S/C20H17F2N3O5S2/c1-2-30-20(27)25-19-23-15(12-8-4-3-5-9-12)17(31-19)24-16(26)13-10-6-7-11-14(13)32(28,29)18(21)22/h3-11,18H,2H2,1H3,(H,24,26)(H,23,25,27). The second-order valence-corrected chi connectivity index (χ2v) is 9.05. The number of hydrogen-bond donors (Lipinski definition) is 2. The molecule has 0 spiro atoms. The average molecular weight is 482 g/mol. The minimum atomic E-state index is -5.00. The van der Waals surface area contributed by atoms with E-state index in [0.29, 0.717) is 11.3 Å². The molecule has 1 aromatic heterocycles. The number of hydrogen-bond acceptors (Lipinski definition) is 7. The van der Waals surface area contributed by atoms with E-state index < -0.39 is 38.1 Å². The van der Waals surface area contributed by atoms with Crippen LogP contribution in [0.3, 0.4) is 0 Å². The first-order valence-corrected chi connectivity index (χ1v) is 11.5. The lowest BCUT2D eigenvalue weighted by Gasteiger charge is -2.10. The van der Waals surface area contributed by atoms with Gasteiger partial charge in [0.1, 0.15) is 10.7 Å². The number of ether oxygens (including phenoxy) is 1. The van der Waals surface area contributed by atoms with E-state index in [-0.39, 0.29) is 16.7 Å². The van der Waals surface area contributed by atoms with Gasteiger partial charge in [-0.3, -0.25) is 10.1 Å². The van der Waals surface area contributed by atoms with Crippen LogP contribution in [0.15, 0.2) is 59.5 Å². The molecule has 0 aliphatic carbocycles. The highest BCUT2D eigenvalue weighted by Gasteiger charge is 2.31. The van der Waals surface area contributed by atoms with Gasteiger partial charge in [-0.15, -0.1) is 0 Å². The third-order valence-corrected chi connectivity index (χ3v) is 6.38. The lowest BCUT2D eigenvalue weighted by Crippen LogP contribution is -2.19. The molecule has 0 saturated carbocycles. The summed E-state index contributed by atoms with van der Waals surface area (Å²) in [7, 11) is -5.00. The van der Waals surface area contributed by atoms with Crippen LogP contribution in [0.4, 0.5) is 23.7 Å². The predicted octanol–water partition coefficient (Wildman–Crippen LogP) is 4.63. The number of halogens is 2. The molecular formula is C20H17F2N3O5S2. The molecule has 3 rings (SSSR count). The molecule has 0 fully saturated rings. The normalized spacial score (nSPS) is 11.2. The van der Waals surface area contributed by atoms with E-state index >= 15 is 0 Å². The van der Waals surface area contributed by atoms with Gasteiger partial charge in [-0.2, -0.15) is 8.78 Å². The Kier molecular flexibility index (Phi) is 7.15. The first kappa shape index (κ1) is 23.3. The molecule has 12 heteroatoms. The summed E-state index contributed by atoms with van der Waals surface area (Å²) >= 11 is 0.899. The number of alkyl halides is 2. The van der Waals surface area contributed by atoms with Gasteiger partial charge in [0.25, 0.3) is 5.91 Å². The van der Waals surface area contributed by atoms with E-state index in [0.717, 1.165) is 23.5 Å². The minimum absolute atomic E-state index is 0.117. The highest BCUT2D eigenvalue weighted by Crippen LogP contribution is 2.36. The summed E-state index contributed by atoms with van der Waals surface area (Å²) < 4.78 is 54.9. The van der Waals surface area contributed by atoms with Crippen LogP contribution in [0.2, 0.25) is 0 Å². The number of nitrogens with one attached hydrogen (secondary N) is 2. The van der Waals surface area contributed by atoms with Gasteiger partial charge in [0.15, 0.2) is 5.13 Å². The lowest BCUT2D eigenvalue weighted by molar-refractivity contribution is 0.102. The largest absolute Gasteiger partial charge is 0.450 e. The first-order valence-electron chi connectivity index (χ1n) is 9.16. The summed E-state index contributed by atoms with van der Waals surface area (Å²) in [6.07, 6.45) is -0.743. The van der Waals surface area contributed by atoms with E-state index in [2.05, 4.69) is 15.6 Å². The number of benzene rings is 2. The van der Waals surface area contributed by atoms with Crippen LogP contribution in [-0.2, 0) is 14.6 Å². The third kappa shape index (κ3) is 5.08. The average Bonchev–Trinajstić information content (AvgIpc) is 3.16. The van der Waals surface area contributed by atoms with Gasteiger partial charge in [0.2, 0.25) is 9.84 Å². The molecule has 1 heterocycles. The monoisotopic (exact) mass is 481 g/mol. The number of nitrogens with zero attached hydrogens (tertiary/aromatic N) is 1. The van der Waals surface area contributed by atoms with Crippen LogP contribution in [-0.4, -0.2) is 37.8 Å². The van der Waals surface area contributed by atoms with Crippen molar-refractivity contribution >= 4 is 43.3 Å². The summed E-state index contributed by atoms with van der Waals surface area (Å²) in [6.45, 7) is 1.77. The Labute approximate surface area is 186 Å². The summed E-state index contributed by atoms with van der Waals surface area (Å²) in [4.78, 5) is 28.1. The first-order chi connectivity index (χ1) is 15.2. The Morgan fingerprint density at radius 1 is 1.06 bits per heavy atom. The summed E-state index contributed by atoms with van der Waals surface area (Å²) in [5.74, 6) is -4.60. The maximum absolute atomic E-state index is 13.1. The Balaban J connectivity index is 1.99. The quantitative estimate of drug-likeness (QED) is 0.509. The van der Waals surface area contributed by atoms with Crippen molar-refractivity contribution < 1.29 is 31.5 Å². The molecule has 0 atom stereocenters. The van der Waals surface area contributed by atoms with Crippen molar-refractivity contribution in [1.82, 2.24) is 4.98 Å². The molecule has 2 N–H and O–H groups in total. The van der Waals surface area contributed by atoms with Gasteiger partial charge in [-0.1, -0.05) is 53.8 Å². The number of rotatable bonds is 7. The fourth-order valence-electron chi connectivity index (χ4n) is 2.67. The van der Waals surface area contributed by atoms with Gasteiger partial charge in [0, 0.05) is 5.56 Å². The second-order valence-electron chi connectivity index (χ2n) is 6.16. The van der Waals surface area contributed by atoms with E-state index in [1.165, 1.54) is 12.1 Å². The molecule has 0 aliphatic heterocycles. The maximum Gasteiger partial charge on any atom is 0.413 e. The lowest BCUT2D eigenvalue weighted by atomic mass is 10.1. The van der Waals surface area contributed by atoms with E-state index in [1.54, 1.807) is 37.3 Å². The summed E-state index contributed by atoms with van der Waals surface area (Å²) in [5, 5.41) is 5.25. The Hall–Kier alpha value is -3.38. The molecule has 2 amide bonds. The number of sulfone groups is 1. The number of aromatic nitrogens is 1. The number of amides is 2. The Morgan fingerprint density at radius 3 is 2.38 bits per heavy atom. The molecule has 0 aliphatic rings. The zero-order valence-corrected chi connectivity index (χ0v) is 18.2. The van der Waals surface area contributed by atoms with Crippen LogP contribution in [0.25, 0.3) is 11.3 Å². The van der Waals surface area contributed by atoms with Crippen LogP contribution in [0.1, 0.15) is 17.3 Å². The maximum atomic E-state index is 13.1. The smallest absolute Gasteiger partial charge is 0.413 e. The van der Waals surface area contributed by atoms with Gasteiger partial charge in [-0.25, -0.2) is 18.2 Å². The predicted molar refractivity (Wildman–Crippen MR) is 116 cm³/mol. The van der Waals surface area contributed by atoms with Gasteiger partial charge in [0.05, 0.1) is 17.1 Å². The fraction of sp³-hybridized carbons (Fsp3) is 0.150. The Bertz CT molecular complexity index is 1230. The number of anilines is 2. The molecule has 32 heavy (non-hydrogen) atoms. The number of carbonyl (C=O) groups is 2. The van der Waals surface area contributed by atoms with Gasteiger partial charge < -0.3 is 10.1 Å². The van der Waals surface area contributed by atoms with Gasteiger partial charge >= 0.3 is 11.9 Å². The van der Waals surface area contributed by atoms with E-state index in [4.69, 9.17) is 4.74 Å². The van der Waals surface area contributed by atoms with Crippen molar-refractivity contribution in [3.8, 4) is 11.3 Å². The van der Waals surface area contributed by atoms with Crippen molar-refractivity contribution in [3.63, 3.8) is 0 Å². The Morgan fingerprint density at radius 2 is 1.72 bits per heavy atom. The van der Waals surface area contributed by atoms with Crippen LogP contribution in [0.5, 0.6) is 0 Å². The molecule has 8 nitrogen and oxygen atoms in total.